The van der Waals surface area contributed by atoms with Gasteiger partial charge in [0.05, 0.1) is 0 Å². The van der Waals surface area contributed by atoms with Crippen molar-refractivity contribution in [3.63, 3.8) is 0 Å². The molecule has 0 saturated carbocycles. The number of rotatable bonds is 4. The van der Waals surface area contributed by atoms with Gasteiger partial charge in [-0.25, -0.2) is 0 Å². The molecule has 0 aliphatic heterocycles. The third kappa shape index (κ3) is 8.02. The number of thioether (sulfide) groups is 1. The number of benzene rings is 1. The van der Waals surface area contributed by atoms with Crippen molar-refractivity contribution >= 4 is 25.4 Å². The van der Waals surface area contributed by atoms with Crippen LogP contribution in [0.2, 0.25) is 0 Å². The molecule has 0 heterocycles. The molecule has 0 amide bonds. The van der Waals surface area contributed by atoms with Crippen LogP contribution >= 0.6 is 25.4 Å². The molecule has 1 aromatic rings. The van der Waals surface area contributed by atoms with Gasteiger partial charge in [-0.3, -0.25) is 0 Å². The summed E-state index contributed by atoms with van der Waals surface area (Å²) in [7, 11) is 0. The average molecular weight is 325 g/mol. The van der Waals surface area contributed by atoms with E-state index >= 15 is 0 Å². The Hall–Kier alpha value is 0.673. The Morgan fingerprint density at radius 2 is 2.21 bits per heavy atom. The van der Waals surface area contributed by atoms with Crippen molar-refractivity contribution in [1.29, 1.82) is 0 Å². The Balaban J connectivity index is 0.000000791. The molecule has 0 fully saturated rings. The van der Waals surface area contributed by atoms with Gasteiger partial charge in [-0.1, -0.05) is 13.8 Å². The van der Waals surface area contributed by atoms with Gasteiger partial charge in [-0.05, 0) is 18.1 Å². The molecule has 0 spiro atoms. The van der Waals surface area contributed by atoms with Gasteiger partial charge in [0.15, 0.2) is 0 Å². The molecule has 74 valence electrons. The molecule has 0 radical (unpaired) electrons. The van der Waals surface area contributed by atoms with Crippen LogP contribution in [0, 0.1) is 12.0 Å². The second kappa shape index (κ2) is 10.2. The third-order valence-electron chi connectivity index (χ3n) is 1.64. The zero-order valence-corrected chi connectivity index (χ0v) is 14.2. The van der Waals surface area contributed by atoms with Crippen LogP contribution in [0.4, 0.5) is 0 Å². The topological polar surface area (TPSA) is 0 Å². The van der Waals surface area contributed by atoms with Crippen LogP contribution in [0.15, 0.2) is 29.2 Å². The van der Waals surface area contributed by atoms with Gasteiger partial charge < -0.3 is 0 Å². The van der Waals surface area contributed by atoms with Crippen molar-refractivity contribution in [3.8, 4) is 0 Å². The molecule has 0 N–H and O–H groups in total. The SMILES string of the molecule is CC(C)CCSc1c[c-]ccc1.[Zn+][Br]. The maximum absolute atomic E-state index is 3.08. The Morgan fingerprint density at radius 1 is 1.50 bits per heavy atom. The predicted molar refractivity (Wildman–Crippen MR) is 64.4 cm³/mol. The van der Waals surface area contributed by atoms with Crippen molar-refractivity contribution in [2.75, 3.05) is 5.75 Å². The van der Waals surface area contributed by atoms with Crippen LogP contribution in [0.1, 0.15) is 20.3 Å². The van der Waals surface area contributed by atoms with E-state index in [9.17, 15) is 0 Å². The fraction of sp³-hybridized carbons (Fsp3) is 0.455. The zero-order chi connectivity index (χ0) is 10.8. The van der Waals surface area contributed by atoms with Gasteiger partial charge in [0.1, 0.15) is 0 Å². The Labute approximate surface area is 108 Å². The summed E-state index contributed by atoms with van der Waals surface area (Å²) >= 11 is 6.17. The Morgan fingerprint density at radius 3 is 2.71 bits per heavy atom. The fourth-order valence-corrected chi connectivity index (χ4v) is 2.03. The second-order valence-corrected chi connectivity index (χ2v) is 4.44. The van der Waals surface area contributed by atoms with Crippen LogP contribution in [0.5, 0.6) is 0 Å². The van der Waals surface area contributed by atoms with E-state index in [1.165, 1.54) is 33.4 Å². The minimum atomic E-state index is 0.810. The van der Waals surface area contributed by atoms with Gasteiger partial charge in [0.2, 0.25) is 0 Å². The molecule has 0 aromatic heterocycles. The number of hydrogen-bond acceptors (Lipinski definition) is 1. The van der Waals surface area contributed by atoms with Gasteiger partial charge in [0.25, 0.3) is 0 Å². The van der Waals surface area contributed by atoms with E-state index in [2.05, 4.69) is 39.6 Å². The van der Waals surface area contributed by atoms with Gasteiger partial charge in [-0.2, -0.15) is 42.1 Å². The van der Waals surface area contributed by atoms with Gasteiger partial charge in [-0.15, -0.1) is 4.90 Å². The first-order valence-electron chi connectivity index (χ1n) is 4.64. The van der Waals surface area contributed by atoms with Crippen molar-refractivity contribution in [2.24, 2.45) is 5.92 Å². The van der Waals surface area contributed by atoms with E-state index in [1.54, 1.807) is 0 Å². The molecule has 1 aromatic carbocycles. The Kier molecular flexibility index (Phi) is 10.7. The monoisotopic (exact) mass is 322 g/mol. The molecular formula is C11H15BrSZn. The first-order chi connectivity index (χ1) is 6.79. The quantitative estimate of drug-likeness (QED) is 0.447. The predicted octanol–water partition coefficient (Wildman–Crippen LogP) is 4.47. The molecule has 0 nitrogen and oxygen atoms in total. The van der Waals surface area contributed by atoms with E-state index in [0.29, 0.717) is 0 Å². The third-order valence-corrected chi connectivity index (χ3v) is 2.67. The van der Waals surface area contributed by atoms with E-state index in [4.69, 9.17) is 0 Å². The summed E-state index contributed by atoms with van der Waals surface area (Å²) in [6.07, 6.45) is 1.29. The maximum atomic E-state index is 3.08. The second-order valence-electron chi connectivity index (χ2n) is 3.27. The van der Waals surface area contributed by atoms with E-state index in [0.717, 1.165) is 5.92 Å². The van der Waals surface area contributed by atoms with Crippen molar-refractivity contribution in [3.05, 3.63) is 30.3 Å². The average Bonchev–Trinajstić information content (AvgIpc) is 2.22. The van der Waals surface area contributed by atoms with Gasteiger partial charge >= 0.3 is 30.0 Å². The Bertz CT molecular complexity index is 214. The summed E-state index contributed by atoms with van der Waals surface area (Å²) in [6.45, 7) is 4.52. The normalized spacial score (nSPS) is 9.57. The molecule has 1 rings (SSSR count). The first-order valence-corrected chi connectivity index (χ1v) is 12.6. The molecule has 3 heteroatoms. The summed E-state index contributed by atoms with van der Waals surface area (Å²) < 4.78 is 0. The van der Waals surface area contributed by atoms with Crippen molar-refractivity contribution < 1.29 is 16.3 Å². The van der Waals surface area contributed by atoms with Crippen LogP contribution in [-0.2, 0) is 16.3 Å². The number of halogens is 1. The van der Waals surface area contributed by atoms with E-state index in [1.807, 2.05) is 30.0 Å². The fourth-order valence-electron chi connectivity index (χ4n) is 0.879. The first kappa shape index (κ1) is 14.7. The number of hydrogen-bond donors (Lipinski definition) is 0. The summed E-state index contributed by atoms with van der Waals surface area (Å²) in [5.74, 6) is 2.03. The van der Waals surface area contributed by atoms with Crippen LogP contribution < -0.4 is 0 Å². The minimum absolute atomic E-state index is 0.810. The van der Waals surface area contributed by atoms with Crippen LogP contribution in [0.3, 0.4) is 0 Å². The summed E-state index contributed by atoms with van der Waals surface area (Å²) in [5.41, 5.74) is 0. The van der Waals surface area contributed by atoms with Crippen LogP contribution in [-0.4, -0.2) is 5.75 Å². The summed E-state index contributed by atoms with van der Waals surface area (Å²) in [6, 6.07) is 11.2. The molecule has 0 aliphatic rings. The van der Waals surface area contributed by atoms with Crippen molar-refractivity contribution in [1.82, 2.24) is 0 Å². The molecule has 0 unspecified atom stereocenters. The zero-order valence-electron chi connectivity index (χ0n) is 8.79. The molecule has 0 atom stereocenters. The molecule has 0 bridgehead atoms. The molecule has 14 heavy (non-hydrogen) atoms. The molecule has 0 saturated heterocycles. The molecular weight excluding hydrogens is 309 g/mol. The van der Waals surface area contributed by atoms with Crippen LogP contribution in [0.25, 0.3) is 0 Å². The molecule has 0 aliphatic carbocycles. The summed E-state index contributed by atoms with van der Waals surface area (Å²) in [5, 5.41) is 0. The van der Waals surface area contributed by atoms with E-state index in [-0.39, 0.29) is 0 Å². The summed E-state index contributed by atoms with van der Waals surface area (Å²) in [4.78, 5) is 1.33. The van der Waals surface area contributed by atoms with Gasteiger partial charge in [0, 0.05) is 0 Å². The van der Waals surface area contributed by atoms with E-state index < -0.39 is 0 Å². The van der Waals surface area contributed by atoms with Crippen molar-refractivity contribution in [2.45, 2.75) is 25.2 Å². The standard InChI is InChI=1S/C11H15S.BrH.Zn/c1-10(2)8-9-12-11-6-4-3-5-7-11;;/h3-4,6-7,10H,8-9H2,1-2H3;1H;/q-1;;+2/p-1.